The second-order valence-corrected chi connectivity index (χ2v) is 10.6. The Balaban J connectivity index is 1.43. The number of anilines is 1. The number of benzene rings is 4. The highest BCUT2D eigenvalue weighted by atomic mass is 16.6. The van der Waals surface area contributed by atoms with Crippen LogP contribution in [-0.4, -0.2) is 11.7 Å². The molecule has 0 saturated heterocycles. The van der Waals surface area contributed by atoms with Gasteiger partial charge in [-0.15, -0.1) is 0 Å². The molecule has 1 N–H and O–H groups in total. The predicted octanol–water partition coefficient (Wildman–Crippen LogP) is 7.93. The molecule has 4 nitrogen and oxygen atoms in total. The third kappa shape index (κ3) is 5.93. The van der Waals surface area contributed by atoms with E-state index in [1.54, 1.807) is 0 Å². The smallest absolute Gasteiger partial charge is 0.132 e. The molecule has 0 aromatic heterocycles. The molecular weight excluding hydrogens is 470 g/mol. The van der Waals surface area contributed by atoms with Gasteiger partial charge in [-0.25, -0.2) is 0 Å². The minimum absolute atomic E-state index is 0.293. The summed E-state index contributed by atoms with van der Waals surface area (Å²) in [6.07, 6.45) is -0.594. The lowest BCUT2D eigenvalue weighted by Crippen LogP contribution is -2.51. The van der Waals surface area contributed by atoms with E-state index < -0.39 is 5.60 Å². The van der Waals surface area contributed by atoms with Gasteiger partial charge in [0.05, 0.1) is 13.2 Å². The van der Waals surface area contributed by atoms with Crippen LogP contribution in [0.2, 0.25) is 0 Å². The number of hydrogen-bond acceptors (Lipinski definition) is 4. The first-order chi connectivity index (χ1) is 18.4. The van der Waals surface area contributed by atoms with Crippen LogP contribution in [0.1, 0.15) is 53.3 Å². The van der Waals surface area contributed by atoms with Crippen molar-refractivity contribution in [3.63, 3.8) is 0 Å². The van der Waals surface area contributed by atoms with Crippen molar-refractivity contribution >= 4 is 5.69 Å². The summed E-state index contributed by atoms with van der Waals surface area (Å²) in [4.78, 5) is 0. The molecule has 1 heterocycles. The van der Waals surface area contributed by atoms with Crippen LogP contribution in [0.4, 0.5) is 5.69 Å². The highest BCUT2D eigenvalue weighted by Gasteiger charge is 2.45. The van der Waals surface area contributed by atoms with Crippen molar-refractivity contribution in [2.45, 2.75) is 65.3 Å². The summed E-state index contributed by atoms with van der Waals surface area (Å²) in [6.45, 7) is 10.2. The molecular formula is C34H37NO3. The van der Waals surface area contributed by atoms with E-state index in [1.807, 2.05) is 24.3 Å². The molecule has 0 aliphatic carbocycles. The summed E-state index contributed by atoms with van der Waals surface area (Å²) in [6, 6.07) is 33.4. The van der Waals surface area contributed by atoms with Gasteiger partial charge in [-0.1, -0.05) is 78.9 Å². The van der Waals surface area contributed by atoms with E-state index in [2.05, 4.69) is 106 Å². The van der Waals surface area contributed by atoms with Crippen LogP contribution in [0.25, 0.3) is 0 Å². The van der Waals surface area contributed by atoms with Crippen LogP contribution in [0, 0.1) is 13.8 Å². The van der Waals surface area contributed by atoms with E-state index in [1.165, 1.54) is 22.3 Å². The summed E-state index contributed by atoms with van der Waals surface area (Å²) in [5, 5.41) is 3.60. The molecule has 0 amide bonds. The van der Waals surface area contributed by atoms with Crippen LogP contribution < -0.4 is 10.1 Å². The van der Waals surface area contributed by atoms with E-state index in [0.717, 1.165) is 29.1 Å². The molecule has 196 valence electrons. The third-order valence-corrected chi connectivity index (χ3v) is 7.35. The fourth-order valence-corrected chi connectivity index (χ4v) is 5.03. The molecule has 0 saturated carbocycles. The van der Waals surface area contributed by atoms with Crippen LogP contribution in [0.15, 0.2) is 97.1 Å². The fourth-order valence-electron chi connectivity index (χ4n) is 5.03. The second kappa shape index (κ2) is 11.4. The Kier molecular flexibility index (Phi) is 7.82. The zero-order chi connectivity index (χ0) is 26.5. The van der Waals surface area contributed by atoms with Gasteiger partial charge in [0, 0.05) is 17.8 Å². The van der Waals surface area contributed by atoms with Crippen molar-refractivity contribution in [1.29, 1.82) is 0 Å². The largest absolute Gasteiger partial charge is 0.485 e. The van der Waals surface area contributed by atoms with Gasteiger partial charge in [0.15, 0.2) is 0 Å². The molecule has 2 atom stereocenters. The van der Waals surface area contributed by atoms with Crippen LogP contribution >= 0.6 is 0 Å². The van der Waals surface area contributed by atoms with Crippen molar-refractivity contribution in [2.75, 3.05) is 5.32 Å². The first kappa shape index (κ1) is 26.0. The average Bonchev–Trinajstić information content (AvgIpc) is 2.91. The Hall–Kier alpha value is -3.60. The summed E-state index contributed by atoms with van der Waals surface area (Å²) >= 11 is 0. The molecule has 4 aromatic rings. The summed E-state index contributed by atoms with van der Waals surface area (Å²) in [5.41, 5.74) is 7.52. The lowest BCUT2D eigenvalue weighted by Gasteiger charge is -2.44. The average molecular weight is 508 g/mol. The zero-order valence-corrected chi connectivity index (χ0v) is 22.7. The van der Waals surface area contributed by atoms with Crippen LogP contribution in [-0.2, 0) is 29.2 Å². The predicted molar refractivity (Wildman–Crippen MR) is 153 cm³/mol. The Morgan fingerprint density at radius 2 is 1.39 bits per heavy atom. The first-order valence-electron chi connectivity index (χ1n) is 13.3. The molecule has 4 heteroatoms. The van der Waals surface area contributed by atoms with Gasteiger partial charge < -0.3 is 19.5 Å². The van der Waals surface area contributed by atoms with Crippen LogP contribution in [0.5, 0.6) is 5.75 Å². The molecule has 2 unspecified atom stereocenters. The second-order valence-electron chi connectivity index (χ2n) is 10.6. The minimum atomic E-state index is -0.576. The maximum absolute atomic E-state index is 6.67. The molecule has 38 heavy (non-hydrogen) atoms. The van der Waals surface area contributed by atoms with Crippen molar-refractivity contribution < 1.29 is 14.2 Å². The van der Waals surface area contributed by atoms with Gasteiger partial charge in [-0.05, 0) is 73.7 Å². The van der Waals surface area contributed by atoms with E-state index in [0.29, 0.717) is 13.2 Å². The summed E-state index contributed by atoms with van der Waals surface area (Å²) in [5.74, 6) is 0.838. The number of hydrogen-bond donors (Lipinski definition) is 1. The Labute approximate surface area is 226 Å². The van der Waals surface area contributed by atoms with Gasteiger partial charge in [0.2, 0.25) is 0 Å². The fraction of sp³-hybridized carbons (Fsp3) is 0.294. The van der Waals surface area contributed by atoms with E-state index >= 15 is 0 Å². The first-order valence-corrected chi connectivity index (χ1v) is 13.3. The molecule has 0 bridgehead atoms. The Bertz CT molecular complexity index is 1370. The van der Waals surface area contributed by atoms with Crippen LogP contribution in [0.3, 0.4) is 0 Å². The standard InChI is InChI=1S/C34H37NO3/c1-24-12-8-10-16-27(24)21-35-29-18-19-31-30(20-29)32(36-22-26-14-6-5-7-15-26)33(34(3,4)38-31)37-23-28-17-11-9-13-25(28)2/h5-20,32-33,35H,21-23H2,1-4H3. The monoisotopic (exact) mass is 507 g/mol. The SMILES string of the molecule is Cc1ccccc1CNc1ccc2c(c1)C(OCc1ccccc1)C(OCc1ccccc1C)C(C)(C)O2. The van der Waals surface area contributed by atoms with Crippen molar-refractivity contribution in [3.8, 4) is 5.75 Å². The normalized spacial score (nSPS) is 17.9. The van der Waals surface area contributed by atoms with Gasteiger partial charge in [-0.2, -0.15) is 0 Å². The molecule has 1 aliphatic heterocycles. The summed E-state index contributed by atoms with van der Waals surface area (Å²) < 4.78 is 19.8. The molecule has 5 rings (SSSR count). The molecule has 0 fully saturated rings. The number of ether oxygens (including phenoxy) is 3. The van der Waals surface area contributed by atoms with Crippen molar-refractivity contribution in [3.05, 3.63) is 130 Å². The zero-order valence-electron chi connectivity index (χ0n) is 22.7. The third-order valence-electron chi connectivity index (χ3n) is 7.35. The minimum Gasteiger partial charge on any atom is -0.485 e. The van der Waals surface area contributed by atoms with E-state index in [-0.39, 0.29) is 12.2 Å². The van der Waals surface area contributed by atoms with E-state index in [9.17, 15) is 0 Å². The number of fused-ring (bicyclic) bond motifs is 1. The lowest BCUT2D eigenvalue weighted by molar-refractivity contribution is -0.170. The van der Waals surface area contributed by atoms with Gasteiger partial charge in [0.1, 0.15) is 23.6 Å². The molecule has 4 aromatic carbocycles. The molecule has 0 spiro atoms. The number of rotatable bonds is 9. The van der Waals surface area contributed by atoms with Crippen molar-refractivity contribution in [1.82, 2.24) is 0 Å². The quantitative estimate of drug-likeness (QED) is 0.250. The van der Waals surface area contributed by atoms with Gasteiger partial charge in [0.25, 0.3) is 0 Å². The van der Waals surface area contributed by atoms with Gasteiger partial charge in [-0.3, -0.25) is 0 Å². The van der Waals surface area contributed by atoms with Gasteiger partial charge >= 0.3 is 0 Å². The highest BCUT2D eigenvalue weighted by molar-refractivity contribution is 5.54. The number of nitrogens with one attached hydrogen (secondary N) is 1. The lowest BCUT2D eigenvalue weighted by atomic mass is 9.87. The van der Waals surface area contributed by atoms with E-state index in [4.69, 9.17) is 14.2 Å². The number of aryl methyl sites for hydroxylation is 2. The Morgan fingerprint density at radius 3 is 2.11 bits per heavy atom. The maximum atomic E-state index is 6.67. The maximum Gasteiger partial charge on any atom is 0.132 e. The van der Waals surface area contributed by atoms with Crippen molar-refractivity contribution in [2.24, 2.45) is 0 Å². The topological polar surface area (TPSA) is 39.7 Å². The molecule has 1 aliphatic rings. The summed E-state index contributed by atoms with van der Waals surface area (Å²) in [7, 11) is 0. The highest BCUT2D eigenvalue weighted by Crippen LogP contribution is 2.45. The molecule has 0 radical (unpaired) electrons. The Morgan fingerprint density at radius 1 is 0.737 bits per heavy atom.